The van der Waals surface area contributed by atoms with Gasteiger partial charge in [0, 0.05) is 12.6 Å². The molecule has 0 aliphatic carbocycles. The van der Waals surface area contributed by atoms with Crippen molar-refractivity contribution >= 4 is 5.96 Å². The molecule has 90 valence electrons. The highest BCUT2D eigenvalue weighted by molar-refractivity contribution is 5.79. The maximum Gasteiger partial charge on any atom is 0.205 e. The topological polar surface area (TPSA) is 62.4 Å². The van der Waals surface area contributed by atoms with Crippen molar-refractivity contribution in [3.63, 3.8) is 0 Å². The van der Waals surface area contributed by atoms with Crippen molar-refractivity contribution in [3.05, 3.63) is 0 Å². The Hall–Kier alpha value is -0.770. The minimum Gasteiger partial charge on any atom is -0.353 e. The second kappa shape index (κ2) is 9.77. The first kappa shape index (κ1) is 14.2. The van der Waals surface area contributed by atoms with Gasteiger partial charge in [-0.1, -0.05) is 32.6 Å². The molecule has 0 heterocycles. The molecule has 4 heteroatoms. The van der Waals surface area contributed by atoms with Crippen LogP contribution in [0.2, 0.25) is 0 Å². The quantitative estimate of drug-likeness (QED) is 0.199. The minimum atomic E-state index is 0.434. The molecule has 0 aromatic heterocycles. The van der Waals surface area contributed by atoms with Crippen molar-refractivity contribution in [1.82, 2.24) is 10.7 Å². The number of nitrogens with two attached hydrogens (primary N) is 1. The zero-order chi connectivity index (χ0) is 11.5. The SMILES string of the molecule is CCCCCCC(C)NC(=NCC)NN. The largest absolute Gasteiger partial charge is 0.353 e. The maximum atomic E-state index is 5.34. The Balaban J connectivity index is 3.62. The number of guanidine groups is 1. The molecule has 15 heavy (non-hydrogen) atoms. The molecule has 0 bridgehead atoms. The standard InChI is InChI=1S/C11H26N4/c1-4-6-7-8-9-10(3)14-11(15-12)13-5-2/h10H,4-9,12H2,1-3H3,(H2,13,14,15). The Morgan fingerprint density at radius 2 is 2.00 bits per heavy atom. The van der Waals surface area contributed by atoms with Crippen molar-refractivity contribution < 1.29 is 0 Å². The van der Waals surface area contributed by atoms with Gasteiger partial charge in [0.1, 0.15) is 0 Å². The summed E-state index contributed by atoms with van der Waals surface area (Å²) in [6, 6.07) is 0.434. The van der Waals surface area contributed by atoms with Crippen LogP contribution in [0.5, 0.6) is 0 Å². The normalized spacial score (nSPS) is 13.7. The maximum absolute atomic E-state index is 5.34. The van der Waals surface area contributed by atoms with Gasteiger partial charge in [-0.2, -0.15) is 0 Å². The van der Waals surface area contributed by atoms with E-state index in [1.807, 2.05) is 6.92 Å². The van der Waals surface area contributed by atoms with E-state index in [4.69, 9.17) is 5.84 Å². The second-order valence-electron chi connectivity index (χ2n) is 3.86. The summed E-state index contributed by atoms with van der Waals surface area (Å²) in [4.78, 5) is 4.20. The summed E-state index contributed by atoms with van der Waals surface area (Å²) in [5, 5.41) is 3.26. The highest BCUT2D eigenvalue weighted by atomic mass is 15.3. The van der Waals surface area contributed by atoms with Gasteiger partial charge >= 0.3 is 0 Å². The fourth-order valence-corrected chi connectivity index (χ4v) is 1.47. The summed E-state index contributed by atoms with van der Waals surface area (Å²) < 4.78 is 0. The fraction of sp³-hybridized carbons (Fsp3) is 0.909. The van der Waals surface area contributed by atoms with Gasteiger partial charge < -0.3 is 5.32 Å². The summed E-state index contributed by atoms with van der Waals surface area (Å²) in [5.74, 6) is 6.04. The van der Waals surface area contributed by atoms with E-state index >= 15 is 0 Å². The molecule has 0 rings (SSSR count). The summed E-state index contributed by atoms with van der Waals surface area (Å²) in [5.41, 5.74) is 2.57. The Kier molecular flexibility index (Phi) is 9.27. The number of nitrogens with one attached hydrogen (secondary N) is 2. The van der Waals surface area contributed by atoms with Crippen LogP contribution >= 0.6 is 0 Å². The molecule has 4 nitrogen and oxygen atoms in total. The number of hydrogen-bond donors (Lipinski definition) is 3. The predicted octanol–water partition coefficient (Wildman–Crippen LogP) is 1.77. The average molecular weight is 214 g/mol. The molecule has 1 unspecified atom stereocenters. The lowest BCUT2D eigenvalue weighted by atomic mass is 10.1. The summed E-state index contributed by atoms with van der Waals surface area (Å²) in [6.45, 7) is 7.13. The van der Waals surface area contributed by atoms with Gasteiger partial charge in [0.2, 0.25) is 5.96 Å². The zero-order valence-electron chi connectivity index (χ0n) is 10.3. The molecular formula is C11H26N4. The molecule has 1 atom stereocenters. The van der Waals surface area contributed by atoms with Crippen LogP contribution in [0, 0.1) is 0 Å². The van der Waals surface area contributed by atoms with Gasteiger partial charge in [0.25, 0.3) is 0 Å². The molecule has 0 fully saturated rings. The lowest BCUT2D eigenvalue weighted by molar-refractivity contribution is 0.537. The van der Waals surface area contributed by atoms with Gasteiger partial charge in [-0.25, -0.2) is 5.84 Å². The van der Waals surface area contributed by atoms with Crippen LogP contribution in [-0.2, 0) is 0 Å². The van der Waals surface area contributed by atoms with Crippen LogP contribution in [0.25, 0.3) is 0 Å². The van der Waals surface area contributed by atoms with E-state index in [-0.39, 0.29) is 0 Å². The molecule has 0 aliphatic rings. The molecule has 0 spiro atoms. The molecule has 0 amide bonds. The van der Waals surface area contributed by atoms with Crippen molar-refractivity contribution in [1.29, 1.82) is 0 Å². The van der Waals surface area contributed by atoms with Crippen molar-refractivity contribution in [2.75, 3.05) is 6.54 Å². The van der Waals surface area contributed by atoms with Crippen LogP contribution < -0.4 is 16.6 Å². The third-order valence-electron chi connectivity index (χ3n) is 2.33. The number of aliphatic imine (C=N–C) groups is 1. The molecular weight excluding hydrogens is 188 g/mol. The Bertz CT molecular complexity index is 168. The van der Waals surface area contributed by atoms with Crippen LogP contribution in [0.4, 0.5) is 0 Å². The summed E-state index contributed by atoms with van der Waals surface area (Å²) in [6.07, 6.45) is 6.38. The Morgan fingerprint density at radius 3 is 2.53 bits per heavy atom. The zero-order valence-corrected chi connectivity index (χ0v) is 10.3. The van der Waals surface area contributed by atoms with E-state index < -0.39 is 0 Å². The first-order chi connectivity index (χ1) is 7.24. The monoisotopic (exact) mass is 214 g/mol. The average Bonchev–Trinajstić information content (AvgIpc) is 2.24. The number of rotatable bonds is 7. The molecule has 0 aromatic rings. The minimum absolute atomic E-state index is 0.434. The molecule has 0 saturated carbocycles. The smallest absolute Gasteiger partial charge is 0.205 e. The first-order valence-corrected chi connectivity index (χ1v) is 6.02. The molecule has 0 radical (unpaired) electrons. The predicted molar refractivity (Wildman–Crippen MR) is 66.7 cm³/mol. The number of hydrogen-bond acceptors (Lipinski definition) is 2. The third-order valence-corrected chi connectivity index (χ3v) is 2.33. The molecule has 4 N–H and O–H groups in total. The van der Waals surface area contributed by atoms with Gasteiger partial charge in [-0.15, -0.1) is 0 Å². The lowest BCUT2D eigenvalue weighted by Gasteiger charge is -2.16. The third kappa shape index (κ3) is 8.24. The van der Waals surface area contributed by atoms with Gasteiger partial charge in [0.15, 0.2) is 0 Å². The second-order valence-corrected chi connectivity index (χ2v) is 3.86. The van der Waals surface area contributed by atoms with E-state index in [1.165, 1.54) is 32.1 Å². The van der Waals surface area contributed by atoms with Crippen LogP contribution in [0.3, 0.4) is 0 Å². The van der Waals surface area contributed by atoms with Crippen molar-refractivity contribution in [2.45, 2.75) is 58.9 Å². The van der Waals surface area contributed by atoms with Gasteiger partial charge in [-0.05, 0) is 20.3 Å². The summed E-state index contributed by atoms with van der Waals surface area (Å²) >= 11 is 0. The summed E-state index contributed by atoms with van der Waals surface area (Å²) in [7, 11) is 0. The number of nitrogens with zero attached hydrogens (tertiary/aromatic N) is 1. The van der Waals surface area contributed by atoms with E-state index in [1.54, 1.807) is 0 Å². The van der Waals surface area contributed by atoms with E-state index in [0.717, 1.165) is 6.54 Å². The Morgan fingerprint density at radius 1 is 1.27 bits per heavy atom. The van der Waals surface area contributed by atoms with E-state index in [0.29, 0.717) is 12.0 Å². The fourth-order valence-electron chi connectivity index (χ4n) is 1.47. The van der Waals surface area contributed by atoms with Crippen molar-refractivity contribution in [3.8, 4) is 0 Å². The number of unbranched alkanes of at least 4 members (excludes halogenated alkanes) is 3. The van der Waals surface area contributed by atoms with Crippen LogP contribution in [0.15, 0.2) is 4.99 Å². The van der Waals surface area contributed by atoms with E-state index in [9.17, 15) is 0 Å². The van der Waals surface area contributed by atoms with Crippen LogP contribution in [-0.4, -0.2) is 18.5 Å². The van der Waals surface area contributed by atoms with Gasteiger partial charge in [0.05, 0.1) is 0 Å². The Labute approximate surface area is 93.7 Å². The highest BCUT2D eigenvalue weighted by Crippen LogP contribution is 2.04. The molecule has 0 saturated heterocycles. The molecule has 0 aromatic carbocycles. The number of hydrazine groups is 1. The first-order valence-electron chi connectivity index (χ1n) is 6.02. The lowest BCUT2D eigenvalue weighted by Crippen LogP contribution is -2.45. The van der Waals surface area contributed by atoms with E-state index in [2.05, 4.69) is 29.6 Å². The van der Waals surface area contributed by atoms with Gasteiger partial charge in [-0.3, -0.25) is 10.4 Å². The highest BCUT2D eigenvalue weighted by Gasteiger charge is 2.03. The molecule has 0 aliphatic heterocycles. The van der Waals surface area contributed by atoms with Crippen molar-refractivity contribution in [2.24, 2.45) is 10.8 Å². The van der Waals surface area contributed by atoms with Crippen LogP contribution in [0.1, 0.15) is 52.9 Å².